The number of carbonyl (C=O) groups excluding carboxylic acids is 1. The van der Waals surface area contributed by atoms with Gasteiger partial charge in [-0.25, -0.2) is 4.98 Å². The summed E-state index contributed by atoms with van der Waals surface area (Å²) in [4.78, 5) is 18.5. The summed E-state index contributed by atoms with van der Waals surface area (Å²) in [6.45, 7) is 8.11. The number of nitrogens with zero attached hydrogens (tertiary/aromatic N) is 2. The smallest absolute Gasteiger partial charge is 0.255 e. The highest BCUT2D eigenvalue weighted by Gasteiger charge is 2.20. The van der Waals surface area contributed by atoms with Crippen molar-refractivity contribution in [1.29, 1.82) is 0 Å². The Labute approximate surface area is 121 Å². The predicted molar refractivity (Wildman–Crippen MR) is 81.1 cm³/mol. The number of likely N-dealkylation sites (N-methyl/N-ethyl adjacent to an activating group) is 1. The van der Waals surface area contributed by atoms with E-state index in [0.717, 1.165) is 18.8 Å². The number of nitrogens with one attached hydrogen (secondary N) is 1. The Balaban J connectivity index is 2.74. The van der Waals surface area contributed by atoms with Crippen molar-refractivity contribution >= 4 is 11.7 Å². The topological polar surface area (TPSA) is 54.5 Å². The van der Waals surface area contributed by atoms with E-state index in [1.807, 2.05) is 26.0 Å². The number of aromatic nitrogens is 1. The molecule has 5 heteroatoms. The molecule has 1 atom stereocenters. The van der Waals surface area contributed by atoms with E-state index in [-0.39, 0.29) is 11.9 Å². The molecule has 0 fully saturated rings. The molecule has 0 saturated heterocycles. The van der Waals surface area contributed by atoms with Gasteiger partial charge in [0.05, 0.1) is 18.2 Å². The minimum atomic E-state index is -0.00779. The fourth-order valence-electron chi connectivity index (χ4n) is 2.03. The lowest BCUT2D eigenvalue weighted by molar-refractivity contribution is 0.0579. The van der Waals surface area contributed by atoms with E-state index >= 15 is 0 Å². The molecular formula is C15H25N3O2. The van der Waals surface area contributed by atoms with Gasteiger partial charge in [-0.05, 0) is 32.4 Å². The van der Waals surface area contributed by atoms with Crippen molar-refractivity contribution in [2.45, 2.75) is 33.2 Å². The average molecular weight is 279 g/mol. The van der Waals surface area contributed by atoms with Gasteiger partial charge in [0.25, 0.3) is 5.91 Å². The van der Waals surface area contributed by atoms with Crippen molar-refractivity contribution in [1.82, 2.24) is 9.88 Å². The maximum absolute atomic E-state index is 12.4. The molecule has 0 aliphatic heterocycles. The monoisotopic (exact) mass is 279 g/mol. The molecule has 112 valence electrons. The summed E-state index contributed by atoms with van der Waals surface area (Å²) in [5, 5.41) is 3.19. The third-order valence-corrected chi connectivity index (χ3v) is 3.11. The van der Waals surface area contributed by atoms with Crippen molar-refractivity contribution in [2.24, 2.45) is 0 Å². The molecule has 0 saturated carbocycles. The number of anilines is 1. The first-order valence-corrected chi connectivity index (χ1v) is 7.13. The van der Waals surface area contributed by atoms with Crippen LogP contribution in [0.25, 0.3) is 0 Å². The van der Waals surface area contributed by atoms with E-state index in [1.54, 1.807) is 18.2 Å². The van der Waals surface area contributed by atoms with E-state index in [4.69, 9.17) is 4.74 Å². The quantitative estimate of drug-likeness (QED) is 0.794. The molecule has 1 unspecified atom stereocenters. The van der Waals surface area contributed by atoms with Crippen molar-refractivity contribution in [2.75, 3.05) is 32.1 Å². The zero-order valence-electron chi connectivity index (χ0n) is 12.8. The maximum atomic E-state index is 12.4. The van der Waals surface area contributed by atoms with Crippen molar-refractivity contribution in [3.05, 3.63) is 23.9 Å². The molecule has 20 heavy (non-hydrogen) atoms. The van der Waals surface area contributed by atoms with Gasteiger partial charge in [-0.15, -0.1) is 0 Å². The molecule has 1 heterocycles. The number of methoxy groups -OCH3 is 1. The number of carbonyl (C=O) groups is 1. The number of pyridine rings is 1. The van der Waals surface area contributed by atoms with Crippen LogP contribution in [0.2, 0.25) is 0 Å². The Hall–Kier alpha value is -1.62. The van der Waals surface area contributed by atoms with Crippen molar-refractivity contribution in [3.63, 3.8) is 0 Å². The third-order valence-electron chi connectivity index (χ3n) is 3.11. The first-order valence-electron chi connectivity index (χ1n) is 7.13. The summed E-state index contributed by atoms with van der Waals surface area (Å²) < 4.78 is 5.12. The minimum Gasteiger partial charge on any atom is -0.383 e. The van der Waals surface area contributed by atoms with Crippen LogP contribution in [0.5, 0.6) is 0 Å². The summed E-state index contributed by atoms with van der Waals surface area (Å²) in [5.74, 6) is 0.794. The van der Waals surface area contributed by atoms with E-state index in [2.05, 4.69) is 17.2 Å². The zero-order valence-corrected chi connectivity index (χ0v) is 12.8. The molecule has 0 radical (unpaired) electrons. The molecule has 0 aliphatic carbocycles. The fourth-order valence-corrected chi connectivity index (χ4v) is 2.03. The molecule has 1 amide bonds. The van der Waals surface area contributed by atoms with Gasteiger partial charge in [0.15, 0.2) is 0 Å². The maximum Gasteiger partial charge on any atom is 0.255 e. The van der Waals surface area contributed by atoms with Crippen molar-refractivity contribution in [3.8, 4) is 0 Å². The highest BCUT2D eigenvalue weighted by molar-refractivity contribution is 5.94. The SMILES string of the molecule is CCCNc1ccc(C(=O)N(CC)C(C)COC)cn1. The fraction of sp³-hybridized carbons (Fsp3) is 0.600. The highest BCUT2D eigenvalue weighted by atomic mass is 16.5. The normalized spacial score (nSPS) is 12.0. The Morgan fingerprint density at radius 2 is 2.20 bits per heavy atom. The number of rotatable bonds is 8. The highest BCUT2D eigenvalue weighted by Crippen LogP contribution is 2.10. The van der Waals surface area contributed by atoms with Crippen molar-refractivity contribution < 1.29 is 9.53 Å². The Morgan fingerprint density at radius 1 is 1.45 bits per heavy atom. The van der Waals surface area contributed by atoms with Crippen LogP contribution < -0.4 is 5.32 Å². The summed E-state index contributed by atoms with van der Waals surface area (Å²) >= 11 is 0. The number of hydrogen-bond donors (Lipinski definition) is 1. The van der Waals surface area contributed by atoms with Crippen LogP contribution in [0.3, 0.4) is 0 Å². The Kier molecular flexibility index (Phi) is 7.01. The summed E-state index contributed by atoms with van der Waals surface area (Å²) in [6.07, 6.45) is 2.67. The molecular weight excluding hydrogens is 254 g/mol. The predicted octanol–water partition coefficient (Wildman–Crippen LogP) is 2.40. The number of ether oxygens (including phenoxy) is 1. The Morgan fingerprint density at radius 3 is 2.70 bits per heavy atom. The second-order valence-corrected chi connectivity index (χ2v) is 4.75. The van der Waals surface area contributed by atoms with Crippen LogP contribution in [0.1, 0.15) is 37.6 Å². The Bertz CT molecular complexity index is 406. The largest absolute Gasteiger partial charge is 0.383 e. The first-order chi connectivity index (χ1) is 9.63. The van der Waals surface area contributed by atoms with Gasteiger partial charge in [-0.2, -0.15) is 0 Å². The summed E-state index contributed by atoms with van der Waals surface area (Å²) in [6, 6.07) is 3.71. The van der Waals surface area contributed by atoms with Crippen LogP contribution >= 0.6 is 0 Å². The van der Waals surface area contributed by atoms with Crippen LogP contribution in [0, 0.1) is 0 Å². The molecule has 1 N–H and O–H groups in total. The zero-order chi connectivity index (χ0) is 15.0. The lowest BCUT2D eigenvalue weighted by atomic mass is 10.2. The number of amides is 1. The standard InChI is InChI=1S/C15H25N3O2/c1-5-9-16-14-8-7-13(10-17-14)15(19)18(6-2)12(3)11-20-4/h7-8,10,12H,5-6,9,11H2,1-4H3,(H,16,17). The third kappa shape index (κ3) is 4.49. The lowest BCUT2D eigenvalue weighted by Crippen LogP contribution is -2.40. The molecule has 0 bridgehead atoms. The van der Waals surface area contributed by atoms with Gasteiger partial charge < -0.3 is 15.0 Å². The van der Waals surface area contributed by atoms with Gasteiger partial charge >= 0.3 is 0 Å². The van der Waals surface area contributed by atoms with Crippen LogP contribution in [0.15, 0.2) is 18.3 Å². The second kappa shape index (κ2) is 8.53. The molecule has 0 aliphatic rings. The summed E-state index contributed by atoms with van der Waals surface area (Å²) in [5.41, 5.74) is 0.608. The van der Waals surface area contributed by atoms with Gasteiger partial charge in [0.1, 0.15) is 5.82 Å². The van der Waals surface area contributed by atoms with Crippen LogP contribution in [-0.4, -0.2) is 48.6 Å². The molecule has 1 aromatic rings. The van der Waals surface area contributed by atoms with Gasteiger partial charge in [-0.3, -0.25) is 4.79 Å². The molecule has 1 rings (SSSR count). The van der Waals surface area contributed by atoms with E-state index in [9.17, 15) is 4.79 Å². The molecule has 1 aromatic heterocycles. The van der Waals surface area contributed by atoms with Gasteiger partial charge in [-0.1, -0.05) is 6.92 Å². The summed E-state index contributed by atoms with van der Waals surface area (Å²) in [7, 11) is 1.64. The van der Waals surface area contributed by atoms with Gasteiger partial charge in [0.2, 0.25) is 0 Å². The molecule has 5 nitrogen and oxygen atoms in total. The second-order valence-electron chi connectivity index (χ2n) is 4.75. The first kappa shape index (κ1) is 16.4. The van der Waals surface area contributed by atoms with Crippen LogP contribution in [-0.2, 0) is 4.74 Å². The molecule has 0 spiro atoms. The average Bonchev–Trinajstić information content (AvgIpc) is 2.46. The van der Waals surface area contributed by atoms with Crippen LogP contribution in [0.4, 0.5) is 5.82 Å². The van der Waals surface area contributed by atoms with E-state index < -0.39 is 0 Å². The minimum absolute atomic E-state index is 0.00779. The van der Waals surface area contributed by atoms with E-state index in [0.29, 0.717) is 18.7 Å². The molecule has 0 aromatic carbocycles. The number of hydrogen-bond acceptors (Lipinski definition) is 4. The lowest BCUT2D eigenvalue weighted by Gasteiger charge is -2.27. The van der Waals surface area contributed by atoms with Gasteiger partial charge in [0, 0.05) is 26.4 Å². The van der Waals surface area contributed by atoms with E-state index in [1.165, 1.54) is 0 Å².